The van der Waals surface area contributed by atoms with Crippen LogP contribution < -0.4 is 5.32 Å². The minimum absolute atomic E-state index is 0.0762. The first kappa shape index (κ1) is 12.0. The van der Waals surface area contributed by atoms with E-state index >= 15 is 0 Å². The van der Waals surface area contributed by atoms with Crippen molar-refractivity contribution in [2.24, 2.45) is 7.05 Å². The van der Waals surface area contributed by atoms with Gasteiger partial charge in [-0.15, -0.1) is 11.6 Å². The zero-order chi connectivity index (χ0) is 11.3. The molecule has 1 amide bonds. The van der Waals surface area contributed by atoms with Crippen LogP contribution in [0.2, 0.25) is 0 Å². The maximum atomic E-state index is 11.6. The van der Waals surface area contributed by atoms with Gasteiger partial charge in [-0.25, -0.2) is 0 Å². The van der Waals surface area contributed by atoms with Gasteiger partial charge in [0, 0.05) is 19.5 Å². The quantitative estimate of drug-likeness (QED) is 0.614. The second-order valence-corrected chi connectivity index (χ2v) is 3.82. The fraction of sp³-hybridized carbons (Fsp3) is 0.600. The van der Waals surface area contributed by atoms with E-state index in [0.717, 1.165) is 18.5 Å². The second-order valence-electron chi connectivity index (χ2n) is 3.45. The van der Waals surface area contributed by atoms with Gasteiger partial charge in [0.05, 0.1) is 5.69 Å². The maximum Gasteiger partial charge on any atom is 0.269 e. The van der Waals surface area contributed by atoms with E-state index in [1.165, 1.54) is 0 Å². The summed E-state index contributed by atoms with van der Waals surface area (Å²) < 4.78 is 1.59. The Morgan fingerprint density at radius 2 is 2.33 bits per heavy atom. The summed E-state index contributed by atoms with van der Waals surface area (Å²) in [7, 11) is 1.76. The summed E-state index contributed by atoms with van der Waals surface area (Å²) in [6.45, 7) is 2.53. The lowest BCUT2D eigenvalue weighted by Gasteiger charge is -2.03. The van der Waals surface area contributed by atoms with Crippen LogP contribution in [0.5, 0.6) is 0 Å². The molecule has 15 heavy (non-hydrogen) atoms. The third kappa shape index (κ3) is 3.55. The Bertz CT molecular complexity index is 335. The number of unbranched alkanes of at least 4 members (excludes halogenated alkanes) is 1. The Hall–Kier alpha value is -1.03. The number of amides is 1. The molecular weight excluding hydrogens is 214 g/mol. The number of hydrogen-bond acceptors (Lipinski definition) is 2. The summed E-state index contributed by atoms with van der Waals surface area (Å²) in [5.41, 5.74) is 1.45. The lowest BCUT2D eigenvalue weighted by Crippen LogP contribution is -2.26. The van der Waals surface area contributed by atoms with Crippen LogP contribution in [0.3, 0.4) is 0 Å². The van der Waals surface area contributed by atoms with Crippen molar-refractivity contribution in [3.05, 3.63) is 17.5 Å². The smallest absolute Gasteiger partial charge is 0.269 e. The number of aromatic nitrogens is 2. The van der Waals surface area contributed by atoms with E-state index in [0.29, 0.717) is 18.1 Å². The zero-order valence-electron chi connectivity index (χ0n) is 9.09. The van der Waals surface area contributed by atoms with E-state index in [1.807, 2.05) is 6.92 Å². The topological polar surface area (TPSA) is 46.9 Å². The predicted molar refractivity (Wildman–Crippen MR) is 60.2 cm³/mol. The molecule has 84 valence electrons. The average Bonchev–Trinajstić information content (AvgIpc) is 2.52. The van der Waals surface area contributed by atoms with Crippen LogP contribution in [-0.2, 0) is 7.05 Å². The summed E-state index contributed by atoms with van der Waals surface area (Å²) >= 11 is 5.54. The molecule has 0 aliphatic carbocycles. The standard InChI is InChI=1S/C10H16ClN3O/c1-8-7-9(14(2)13-8)10(15)12-6-4-3-5-11/h7H,3-6H2,1-2H3,(H,12,15). The Labute approximate surface area is 94.6 Å². The number of carbonyl (C=O) groups is 1. The molecule has 0 spiro atoms. The Morgan fingerprint density at radius 3 is 2.87 bits per heavy atom. The molecule has 0 aliphatic rings. The van der Waals surface area contributed by atoms with Crippen LogP contribution in [0.1, 0.15) is 29.0 Å². The highest BCUT2D eigenvalue weighted by Crippen LogP contribution is 2.01. The van der Waals surface area contributed by atoms with Crippen LogP contribution in [0.15, 0.2) is 6.07 Å². The molecule has 0 aliphatic heterocycles. The van der Waals surface area contributed by atoms with E-state index in [1.54, 1.807) is 17.8 Å². The maximum absolute atomic E-state index is 11.6. The van der Waals surface area contributed by atoms with Gasteiger partial charge in [-0.05, 0) is 25.8 Å². The van der Waals surface area contributed by atoms with Gasteiger partial charge >= 0.3 is 0 Å². The third-order valence-electron chi connectivity index (χ3n) is 2.08. The van der Waals surface area contributed by atoms with Gasteiger partial charge in [0.1, 0.15) is 5.69 Å². The third-order valence-corrected chi connectivity index (χ3v) is 2.35. The lowest BCUT2D eigenvalue weighted by molar-refractivity contribution is 0.0944. The van der Waals surface area contributed by atoms with Crippen LogP contribution >= 0.6 is 11.6 Å². The first-order valence-corrected chi connectivity index (χ1v) is 5.53. The summed E-state index contributed by atoms with van der Waals surface area (Å²) in [6, 6.07) is 1.77. The number of carbonyl (C=O) groups excluding carboxylic acids is 1. The van der Waals surface area contributed by atoms with Crippen molar-refractivity contribution < 1.29 is 4.79 Å². The summed E-state index contributed by atoms with van der Waals surface area (Å²) in [5, 5.41) is 6.94. The highest BCUT2D eigenvalue weighted by molar-refractivity contribution is 6.17. The van der Waals surface area contributed by atoms with Gasteiger partial charge in [-0.2, -0.15) is 5.10 Å². The molecule has 4 nitrogen and oxygen atoms in total. The number of nitrogens with one attached hydrogen (secondary N) is 1. The normalized spacial score (nSPS) is 10.3. The highest BCUT2D eigenvalue weighted by Gasteiger charge is 2.10. The number of hydrogen-bond donors (Lipinski definition) is 1. The van der Waals surface area contributed by atoms with Crippen LogP contribution in [-0.4, -0.2) is 28.1 Å². The van der Waals surface area contributed by atoms with Gasteiger partial charge in [-0.3, -0.25) is 9.48 Å². The number of halogens is 1. The van der Waals surface area contributed by atoms with Crippen molar-refractivity contribution in [2.75, 3.05) is 12.4 Å². The van der Waals surface area contributed by atoms with Crippen molar-refractivity contribution in [2.45, 2.75) is 19.8 Å². The molecule has 0 fully saturated rings. The SMILES string of the molecule is Cc1cc(C(=O)NCCCCCl)n(C)n1. The van der Waals surface area contributed by atoms with E-state index in [4.69, 9.17) is 11.6 Å². The largest absolute Gasteiger partial charge is 0.351 e. The molecule has 1 heterocycles. The molecule has 0 radical (unpaired) electrons. The highest BCUT2D eigenvalue weighted by atomic mass is 35.5. The van der Waals surface area contributed by atoms with Crippen molar-refractivity contribution in [3.8, 4) is 0 Å². The second kappa shape index (κ2) is 5.75. The van der Waals surface area contributed by atoms with E-state index in [2.05, 4.69) is 10.4 Å². The molecule has 0 saturated carbocycles. The van der Waals surface area contributed by atoms with E-state index in [9.17, 15) is 4.79 Å². The van der Waals surface area contributed by atoms with Gasteiger partial charge in [0.2, 0.25) is 0 Å². The monoisotopic (exact) mass is 229 g/mol. The van der Waals surface area contributed by atoms with Crippen molar-refractivity contribution in [1.82, 2.24) is 15.1 Å². The summed E-state index contributed by atoms with van der Waals surface area (Å²) in [5.74, 6) is 0.563. The fourth-order valence-electron chi connectivity index (χ4n) is 1.34. The fourth-order valence-corrected chi connectivity index (χ4v) is 1.52. The summed E-state index contributed by atoms with van der Waals surface area (Å²) in [6.07, 6.45) is 1.83. The number of nitrogens with zero attached hydrogens (tertiary/aromatic N) is 2. The molecule has 0 saturated heterocycles. The first-order chi connectivity index (χ1) is 7.15. The number of rotatable bonds is 5. The molecule has 0 atom stereocenters. The van der Waals surface area contributed by atoms with Gasteiger partial charge < -0.3 is 5.32 Å². The predicted octanol–water partition coefficient (Wildman–Crippen LogP) is 1.48. The van der Waals surface area contributed by atoms with Gasteiger partial charge in [0.15, 0.2) is 0 Å². The molecular formula is C10H16ClN3O. The molecule has 1 N–H and O–H groups in total. The van der Waals surface area contributed by atoms with Crippen molar-refractivity contribution in [3.63, 3.8) is 0 Å². The molecule has 5 heteroatoms. The van der Waals surface area contributed by atoms with Gasteiger partial charge in [0.25, 0.3) is 5.91 Å². The molecule has 0 bridgehead atoms. The molecule has 1 rings (SSSR count). The Kier molecular flexibility index (Phi) is 4.62. The summed E-state index contributed by atoms with van der Waals surface area (Å²) in [4.78, 5) is 11.6. The van der Waals surface area contributed by atoms with E-state index in [-0.39, 0.29) is 5.91 Å². The lowest BCUT2D eigenvalue weighted by atomic mass is 10.3. The number of aryl methyl sites for hydroxylation is 2. The van der Waals surface area contributed by atoms with Crippen molar-refractivity contribution in [1.29, 1.82) is 0 Å². The Balaban J connectivity index is 2.43. The van der Waals surface area contributed by atoms with Crippen LogP contribution in [0.4, 0.5) is 0 Å². The van der Waals surface area contributed by atoms with Gasteiger partial charge in [-0.1, -0.05) is 0 Å². The molecule has 0 aromatic carbocycles. The average molecular weight is 230 g/mol. The molecule has 1 aromatic rings. The zero-order valence-corrected chi connectivity index (χ0v) is 9.84. The number of alkyl halides is 1. The van der Waals surface area contributed by atoms with Crippen LogP contribution in [0.25, 0.3) is 0 Å². The van der Waals surface area contributed by atoms with Crippen molar-refractivity contribution >= 4 is 17.5 Å². The molecule has 0 unspecified atom stereocenters. The Morgan fingerprint density at radius 1 is 1.60 bits per heavy atom. The molecule has 1 aromatic heterocycles. The first-order valence-electron chi connectivity index (χ1n) is 5.00. The minimum atomic E-state index is -0.0762. The minimum Gasteiger partial charge on any atom is -0.351 e. The van der Waals surface area contributed by atoms with E-state index < -0.39 is 0 Å². The van der Waals surface area contributed by atoms with Crippen LogP contribution in [0, 0.1) is 6.92 Å².